The van der Waals surface area contributed by atoms with E-state index in [0.29, 0.717) is 0 Å². The smallest absolute Gasteiger partial charge is 0.313 e. The Kier molecular flexibility index (Phi) is 4.52. The summed E-state index contributed by atoms with van der Waals surface area (Å²) >= 11 is 1.29. The second-order valence-electron chi connectivity index (χ2n) is 5.63. The highest BCUT2D eigenvalue weighted by atomic mass is 32.2. The summed E-state index contributed by atoms with van der Waals surface area (Å²) in [5.41, 5.74) is 0.283. The van der Waals surface area contributed by atoms with E-state index in [1.165, 1.54) is 24.6 Å². The van der Waals surface area contributed by atoms with Crippen LogP contribution >= 0.6 is 11.8 Å². The molecule has 2 rings (SSSR count). The fourth-order valence-electron chi connectivity index (χ4n) is 2.41. The van der Waals surface area contributed by atoms with Crippen LogP contribution in [0.15, 0.2) is 17.6 Å². The minimum Gasteiger partial charge on any atom is -0.481 e. The van der Waals surface area contributed by atoms with Crippen LogP contribution in [0.2, 0.25) is 0 Å². The third kappa shape index (κ3) is 3.98. The average molecular weight is 283 g/mol. The number of imidazole rings is 1. The number of nitrogens with zero attached hydrogens (tertiary/aromatic N) is 3. The molecule has 0 unspecified atom stereocenters. The first kappa shape index (κ1) is 14.4. The lowest BCUT2D eigenvalue weighted by molar-refractivity contribution is -0.133. The van der Waals surface area contributed by atoms with E-state index in [2.05, 4.69) is 28.4 Å². The first-order valence-corrected chi connectivity index (χ1v) is 7.51. The molecule has 0 aliphatic carbocycles. The molecule has 1 aliphatic rings. The first-order chi connectivity index (χ1) is 8.98. The Bertz CT molecular complexity index is 439. The zero-order chi connectivity index (χ0) is 13.9. The molecule has 0 aromatic carbocycles. The standard InChI is InChI=1S/C13H21N3O2S/c1-13(3-6-15(2)7-4-13)10-16-8-5-14-12(16)19-9-11(17)18/h5,8H,3-4,6-7,9-10H2,1-2H3,(H,17,18). The molecule has 1 aromatic heterocycles. The lowest BCUT2D eigenvalue weighted by Gasteiger charge is -2.38. The number of carbonyl (C=O) groups is 1. The third-order valence-corrected chi connectivity index (χ3v) is 4.74. The molecule has 1 N–H and O–H groups in total. The van der Waals surface area contributed by atoms with Crippen molar-refractivity contribution in [1.82, 2.24) is 14.5 Å². The minimum absolute atomic E-state index is 0.0659. The summed E-state index contributed by atoms with van der Waals surface area (Å²) < 4.78 is 2.10. The maximum Gasteiger partial charge on any atom is 0.313 e. The van der Waals surface area contributed by atoms with Crippen LogP contribution in [-0.2, 0) is 11.3 Å². The van der Waals surface area contributed by atoms with Gasteiger partial charge in [0, 0.05) is 18.9 Å². The lowest BCUT2D eigenvalue weighted by Crippen LogP contribution is -2.38. The van der Waals surface area contributed by atoms with Gasteiger partial charge in [-0.2, -0.15) is 0 Å². The monoisotopic (exact) mass is 283 g/mol. The predicted molar refractivity (Wildman–Crippen MR) is 75.4 cm³/mol. The van der Waals surface area contributed by atoms with Crippen LogP contribution in [0.25, 0.3) is 0 Å². The molecular weight excluding hydrogens is 262 g/mol. The van der Waals surface area contributed by atoms with E-state index in [4.69, 9.17) is 5.11 Å². The summed E-state index contributed by atoms with van der Waals surface area (Å²) in [7, 11) is 2.16. The molecule has 2 heterocycles. The summed E-state index contributed by atoms with van der Waals surface area (Å²) in [4.78, 5) is 17.2. The summed E-state index contributed by atoms with van der Waals surface area (Å²) in [6.07, 6.45) is 6.05. The van der Waals surface area contributed by atoms with Gasteiger partial charge in [-0.15, -0.1) is 0 Å². The fraction of sp³-hybridized carbons (Fsp3) is 0.692. The van der Waals surface area contributed by atoms with Crippen molar-refractivity contribution in [1.29, 1.82) is 0 Å². The molecule has 0 amide bonds. The van der Waals surface area contributed by atoms with Crippen LogP contribution < -0.4 is 0 Å². The number of likely N-dealkylation sites (tertiary alicyclic amines) is 1. The Labute approximate surface area is 118 Å². The van der Waals surface area contributed by atoms with Gasteiger partial charge < -0.3 is 14.6 Å². The number of piperidine rings is 1. The zero-order valence-corrected chi connectivity index (χ0v) is 12.3. The van der Waals surface area contributed by atoms with Crippen molar-refractivity contribution in [3.8, 4) is 0 Å². The number of thioether (sulfide) groups is 1. The summed E-state index contributed by atoms with van der Waals surface area (Å²) in [6, 6.07) is 0. The van der Waals surface area contributed by atoms with Gasteiger partial charge >= 0.3 is 5.97 Å². The number of hydrogen-bond acceptors (Lipinski definition) is 4. The number of carboxylic acids is 1. The number of aliphatic carboxylic acids is 1. The summed E-state index contributed by atoms with van der Waals surface area (Å²) in [6.45, 7) is 5.49. The highest BCUT2D eigenvalue weighted by Gasteiger charge is 2.29. The van der Waals surface area contributed by atoms with Gasteiger partial charge in [0.1, 0.15) is 0 Å². The first-order valence-electron chi connectivity index (χ1n) is 6.53. The zero-order valence-electron chi connectivity index (χ0n) is 11.5. The molecule has 0 saturated carbocycles. The van der Waals surface area contributed by atoms with E-state index in [1.54, 1.807) is 6.20 Å². The lowest BCUT2D eigenvalue weighted by atomic mass is 9.80. The second kappa shape index (κ2) is 5.96. The van der Waals surface area contributed by atoms with Gasteiger partial charge in [0.2, 0.25) is 0 Å². The van der Waals surface area contributed by atoms with Crippen molar-refractivity contribution in [2.45, 2.75) is 31.5 Å². The van der Waals surface area contributed by atoms with Crippen LogP contribution in [0, 0.1) is 5.41 Å². The molecule has 5 nitrogen and oxygen atoms in total. The van der Waals surface area contributed by atoms with Crippen LogP contribution in [0.1, 0.15) is 19.8 Å². The number of rotatable bonds is 5. The highest BCUT2D eigenvalue weighted by Crippen LogP contribution is 2.33. The van der Waals surface area contributed by atoms with Crippen molar-refractivity contribution in [3.63, 3.8) is 0 Å². The van der Waals surface area contributed by atoms with E-state index in [0.717, 1.165) is 24.8 Å². The molecule has 6 heteroatoms. The fourth-order valence-corrected chi connectivity index (χ4v) is 3.09. The van der Waals surface area contributed by atoms with Gasteiger partial charge in [-0.25, -0.2) is 4.98 Å². The Balaban J connectivity index is 1.98. The van der Waals surface area contributed by atoms with Gasteiger partial charge in [0.15, 0.2) is 5.16 Å². The van der Waals surface area contributed by atoms with E-state index >= 15 is 0 Å². The maximum atomic E-state index is 10.6. The maximum absolute atomic E-state index is 10.6. The van der Waals surface area contributed by atoms with Gasteiger partial charge in [-0.1, -0.05) is 18.7 Å². The van der Waals surface area contributed by atoms with Gasteiger partial charge in [0.05, 0.1) is 5.75 Å². The Hall–Kier alpha value is -1.01. The molecule has 0 radical (unpaired) electrons. The largest absolute Gasteiger partial charge is 0.481 e. The van der Waals surface area contributed by atoms with Crippen molar-refractivity contribution in [3.05, 3.63) is 12.4 Å². The molecule has 0 atom stereocenters. The topological polar surface area (TPSA) is 58.4 Å². The number of hydrogen-bond donors (Lipinski definition) is 1. The normalized spacial score (nSPS) is 19.5. The third-order valence-electron chi connectivity index (χ3n) is 3.75. The Morgan fingerprint density at radius 1 is 1.53 bits per heavy atom. The van der Waals surface area contributed by atoms with Crippen LogP contribution in [0.4, 0.5) is 0 Å². The molecule has 1 aromatic rings. The molecule has 0 bridgehead atoms. The van der Waals surface area contributed by atoms with E-state index in [-0.39, 0.29) is 11.2 Å². The van der Waals surface area contributed by atoms with E-state index in [9.17, 15) is 4.79 Å². The van der Waals surface area contributed by atoms with E-state index in [1.807, 2.05) is 6.20 Å². The summed E-state index contributed by atoms with van der Waals surface area (Å²) in [5, 5.41) is 9.55. The Morgan fingerprint density at radius 3 is 2.84 bits per heavy atom. The quantitative estimate of drug-likeness (QED) is 0.835. The summed E-state index contributed by atoms with van der Waals surface area (Å²) in [5.74, 6) is -0.735. The van der Waals surface area contributed by atoms with Crippen molar-refractivity contribution in [2.75, 3.05) is 25.9 Å². The predicted octanol–water partition coefficient (Wildman–Crippen LogP) is 1.79. The van der Waals surface area contributed by atoms with Crippen molar-refractivity contribution < 1.29 is 9.90 Å². The van der Waals surface area contributed by atoms with E-state index < -0.39 is 5.97 Å². The molecule has 1 saturated heterocycles. The van der Waals surface area contributed by atoms with Crippen LogP contribution in [0.3, 0.4) is 0 Å². The Morgan fingerprint density at radius 2 is 2.21 bits per heavy atom. The molecule has 19 heavy (non-hydrogen) atoms. The molecule has 1 aliphatic heterocycles. The van der Waals surface area contributed by atoms with Gasteiger partial charge in [-0.3, -0.25) is 4.79 Å². The van der Waals surface area contributed by atoms with Gasteiger partial charge in [-0.05, 0) is 38.4 Å². The highest BCUT2D eigenvalue weighted by molar-refractivity contribution is 7.99. The van der Waals surface area contributed by atoms with Crippen molar-refractivity contribution in [2.24, 2.45) is 5.41 Å². The van der Waals surface area contributed by atoms with Crippen LogP contribution in [0.5, 0.6) is 0 Å². The van der Waals surface area contributed by atoms with Crippen LogP contribution in [-0.4, -0.2) is 51.4 Å². The molecular formula is C13H21N3O2S. The van der Waals surface area contributed by atoms with Gasteiger partial charge in [0.25, 0.3) is 0 Å². The van der Waals surface area contributed by atoms with Crippen molar-refractivity contribution >= 4 is 17.7 Å². The molecule has 0 spiro atoms. The molecule has 106 valence electrons. The molecule has 1 fully saturated rings. The number of aromatic nitrogens is 2. The second-order valence-corrected chi connectivity index (χ2v) is 6.58. The average Bonchev–Trinajstić information content (AvgIpc) is 2.78. The minimum atomic E-state index is -0.801. The SMILES string of the molecule is CN1CCC(C)(Cn2ccnc2SCC(=O)O)CC1. The number of carboxylic acid groups (broad SMARTS) is 1.